The Morgan fingerprint density at radius 3 is 2.62 bits per heavy atom. The lowest BCUT2D eigenvalue weighted by Crippen LogP contribution is -2.40. The molecule has 3 N–H and O–H groups in total. The number of rotatable bonds is 3. The third-order valence-corrected chi connectivity index (χ3v) is 4.76. The van der Waals surface area contributed by atoms with Gasteiger partial charge in [-0.25, -0.2) is 4.68 Å². The van der Waals surface area contributed by atoms with Gasteiger partial charge in [0.15, 0.2) is 0 Å². The minimum absolute atomic E-state index is 0. The average Bonchev–Trinajstić information content (AvgIpc) is 2.92. The van der Waals surface area contributed by atoms with Crippen molar-refractivity contribution < 1.29 is 4.79 Å². The van der Waals surface area contributed by atoms with Gasteiger partial charge in [-0.2, -0.15) is 5.10 Å². The summed E-state index contributed by atoms with van der Waals surface area (Å²) in [5, 5.41) is 8.02. The van der Waals surface area contributed by atoms with E-state index in [1.54, 1.807) is 10.9 Å². The smallest absolute Gasteiger partial charge is 0.254 e. The quantitative estimate of drug-likeness (QED) is 0.872. The molecule has 1 fully saturated rings. The van der Waals surface area contributed by atoms with Gasteiger partial charge in [-0.05, 0) is 44.7 Å². The van der Waals surface area contributed by atoms with Crippen molar-refractivity contribution in [1.82, 2.24) is 15.1 Å². The molecule has 24 heavy (non-hydrogen) atoms. The predicted molar refractivity (Wildman–Crippen MR) is 98.3 cm³/mol. The van der Waals surface area contributed by atoms with Crippen LogP contribution < -0.4 is 11.1 Å². The normalized spacial score (nSPS) is 20.3. The Hall–Kier alpha value is -1.56. The molecule has 130 valence electrons. The van der Waals surface area contributed by atoms with Crippen molar-refractivity contribution in [3.63, 3.8) is 0 Å². The summed E-state index contributed by atoms with van der Waals surface area (Å²) in [5.74, 6) is -0.0822. The van der Waals surface area contributed by atoms with Crippen LogP contribution >= 0.6 is 24.0 Å². The minimum Gasteiger partial charge on any atom is -0.349 e. The van der Waals surface area contributed by atoms with E-state index >= 15 is 0 Å². The molecule has 0 unspecified atom stereocenters. The summed E-state index contributed by atoms with van der Waals surface area (Å²) in [7, 11) is 0. The summed E-state index contributed by atoms with van der Waals surface area (Å²) < 4.78 is 1.70. The van der Waals surface area contributed by atoms with Crippen molar-refractivity contribution in [2.75, 3.05) is 0 Å². The fourth-order valence-corrected chi connectivity index (χ4v) is 3.24. The fraction of sp³-hybridized carbons (Fsp3) is 0.412. The number of para-hydroxylation sites is 1. The molecule has 0 aliphatic heterocycles. The van der Waals surface area contributed by atoms with E-state index in [-0.39, 0.29) is 30.4 Å². The molecule has 1 aliphatic carbocycles. The molecule has 0 radical (unpaired) electrons. The molecule has 7 heteroatoms. The molecule has 1 aliphatic rings. The Kier molecular flexibility index (Phi) is 6.27. The van der Waals surface area contributed by atoms with Gasteiger partial charge in [0.05, 0.1) is 28.2 Å². The van der Waals surface area contributed by atoms with E-state index in [0.717, 1.165) is 37.1 Å². The molecule has 1 saturated carbocycles. The summed E-state index contributed by atoms with van der Waals surface area (Å²) in [6.45, 7) is 1.88. The van der Waals surface area contributed by atoms with Crippen LogP contribution in [0.5, 0.6) is 0 Å². The molecule has 0 spiro atoms. The zero-order valence-electron chi connectivity index (χ0n) is 13.5. The van der Waals surface area contributed by atoms with Gasteiger partial charge in [0, 0.05) is 12.1 Å². The first-order chi connectivity index (χ1) is 11.1. The standard InChI is InChI=1S/C17H21ClN4O.ClH/c1-11-14(17(23)21-13-8-6-12(19)7-9-13)10-20-22(11)16-5-3-2-4-15(16)18;/h2-5,10,12-13H,6-9,19H2,1H3,(H,21,23);1H. The van der Waals surface area contributed by atoms with Gasteiger partial charge in [0.25, 0.3) is 5.91 Å². The molecule has 0 atom stereocenters. The van der Waals surface area contributed by atoms with Crippen molar-refractivity contribution in [2.45, 2.75) is 44.7 Å². The Balaban J connectivity index is 0.00000208. The minimum atomic E-state index is -0.0822. The van der Waals surface area contributed by atoms with Crippen LogP contribution in [0.15, 0.2) is 30.5 Å². The number of nitrogens with one attached hydrogen (secondary N) is 1. The molecule has 1 amide bonds. The molecular formula is C17H22Cl2N4O. The van der Waals surface area contributed by atoms with Crippen LogP contribution in [0, 0.1) is 6.92 Å². The zero-order chi connectivity index (χ0) is 16.4. The number of carbonyl (C=O) groups excluding carboxylic acids is 1. The van der Waals surface area contributed by atoms with Crippen LogP contribution in [-0.4, -0.2) is 27.8 Å². The van der Waals surface area contributed by atoms with E-state index in [1.807, 2.05) is 31.2 Å². The van der Waals surface area contributed by atoms with E-state index < -0.39 is 0 Å². The molecule has 5 nitrogen and oxygen atoms in total. The number of benzene rings is 1. The monoisotopic (exact) mass is 368 g/mol. The zero-order valence-corrected chi connectivity index (χ0v) is 15.1. The number of hydrogen-bond donors (Lipinski definition) is 2. The average molecular weight is 369 g/mol. The number of carbonyl (C=O) groups is 1. The summed E-state index contributed by atoms with van der Waals surface area (Å²) in [6.07, 6.45) is 5.39. The molecule has 3 rings (SSSR count). The lowest BCUT2D eigenvalue weighted by atomic mass is 9.91. The molecule has 1 aromatic carbocycles. The molecule has 0 bridgehead atoms. The lowest BCUT2D eigenvalue weighted by molar-refractivity contribution is 0.0925. The topological polar surface area (TPSA) is 72.9 Å². The fourth-order valence-electron chi connectivity index (χ4n) is 3.03. The lowest BCUT2D eigenvalue weighted by Gasteiger charge is -2.26. The van der Waals surface area contributed by atoms with Crippen LogP contribution in [0.1, 0.15) is 41.7 Å². The first-order valence-corrected chi connectivity index (χ1v) is 8.30. The number of nitrogens with zero attached hydrogens (tertiary/aromatic N) is 2. The van der Waals surface area contributed by atoms with E-state index in [2.05, 4.69) is 10.4 Å². The van der Waals surface area contributed by atoms with E-state index in [1.165, 1.54) is 0 Å². The van der Waals surface area contributed by atoms with Gasteiger partial charge in [0.1, 0.15) is 0 Å². The van der Waals surface area contributed by atoms with Crippen LogP contribution in [0.3, 0.4) is 0 Å². The van der Waals surface area contributed by atoms with Crippen molar-refractivity contribution in [3.8, 4) is 5.69 Å². The maximum Gasteiger partial charge on any atom is 0.254 e. The number of nitrogens with two attached hydrogens (primary N) is 1. The van der Waals surface area contributed by atoms with E-state index in [9.17, 15) is 4.79 Å². The molecule has 1 heterocycles. The molecule has 1 aromatic heterocycles. The van der Waals surface area contributed by atoms with Gasteiger partial charge >= 0.3 is 0 Å². The first kappa shape index (κ1) is 18.8. The third-order valence-electron chi connectivity index (χ3n) is 4.44. The van der Waals surface area contributed by atoms with Gasteiger partial charge in [-0.15, -0.1) is 12.4 Å². The second-order valence-corrected chi connectivity index (χ2v) is 6.50. The van der Waals surface area contributed by atoms with Gasteiger partial charge in [-0.3, -0.25) is 4.79 Å². The molecule has 0 saturated heterocycles. The number of hydrogen-bond acceptors (Lipinski definition) is 3. The van der Waals surface area contributed by atoms with Crippen molar-refractivity contribution in [2.24, 2.45) is 5.73 Å². The van der Waals surface area contributed by atoms with E-state index in [0.29, 0.717) is 10.6 Å². The van der Waals surface area contributed by atoms with Gasteiger partial charge < -0.3 is 11.1 Å². The van der Waals surface area contributed by atoms with Crippen molar-refractivity contribution in [1.29, 1.82) is 0 Å². The van der Waals surface area contributed by atoms with Gasteiger partial charge in [0.2, 0.25) is 0 Å². The predicted octanol–water partition coefficient (Wildman–Crippen LogP) is 3.26. The number of halogens is 2. The Morgan fingerprint density at radius 2 is 1.96 bits per heavy atom. The third kappa shape index (κ3) is 3.91. The maximum absolute atomic E-state index is 12.5. The van der Waals surface area contributed by atoms with Crippen molar-refractivity contribution in [3.05, 3.63) is 46.7 Å². The highest BCUT2D eigenvalue weighted by Crippen LogP contribution is 2.22. The molecular weight excluding hydrogens is 347 g/mol. The maximum atomic E-state index is 12.5. The summed E-state index contributed by atoms with van der Waals surface area (Å²) in [5.41, 5.74) is 8.04. The second-order valence-electron chi connectivity index (χ2n) is 6.09. The summed E-state index contributed by atoms with van der Waals surface area (Å²) in [6, 6.07) is 7.92. The summed E-state index contributed by atoms with van der Waals surface area (Å²) >= 11 is 6.22. The SMILES string of the molecule is Cc1c(C(=O)NC2CCC(N)CC2)cnn1-c1ccccc1Cl.Cl. The highest BCUT2D eigenvalue weighted by atomic mass is 35.5. The Labute approximate surface area is 153 Å². The van der Waals surface area contributed by atoms with E-state index in [4.69, 9.17) is 17.3 Å². The van der Waals surface area contributed by atoms with Crippen LogP contribution in [0.4, 0.5) is 0 Å². The molecule has 2 aromatic rings. The first-order valence-electron chi connectivity index (χ1n) is 7.92. The van der Waals surface area contributed by atoms with Crippen LogP contribution in [0.25, 0.3) is 5.69 Å². The second kappa shape index (κ2) is 8.01. The van der Waals surface area contributed by atoms with Crippen LogP contribution in [0.2, 0.25) is 5.02 Å². The van der Waals surface area contributed by atoms with Crippen LogP contribution in [-0.2, 0) is 0 Å². The Morgan fingerprint density at radius 1 is 1.29 bits per heavy atom. The highest BCUT2D eigenvalue weighted by Gasteiger charge is 2.22. The number of amides is 1. The number of aromatic nitrogens is 2. The Bertz CT molecular complexity index is 708. The van der Waals surface area contributed by atoms with Gasteiger partial charge in [-0.1, -0.05) is 23.7 Å². The largest absolute Gasteiger partial charge is 0.349 e. The highest BCUT2D eigenvalue weighted by molar-refractivity contribution is 6.32. The summed E-state index contributed by atoms with van der Waals surface area (Å²) in [4.78, 5) is 12.5. The van der Waals surface area contributed by atoms with Crippen molar-refractivity contribution >= 4 is 29.9 Å².